The molecule has 0 saturated carbocycles. The van der Waals surface area contributed by atoms with Crippen LogP contribution in [-0.2, 0) is 0 Å². The normalized spacial score (nSPS) is 18.5. The Balaban J connectivity index is 1.69. The maximum absolute atomic E-state index is 13.0. The van der Waals surface area contributed by atoms with Crippen molar-refractivity contribution < 1.29 is 4.79 Å². The zero-order valence-electron chi connectivity index (χ0n) is 12.5. The zero-order valence-corrected chi connectivity index (χ0v) is 14.2. The van der Waals surface area contributed by atoms with E-state index in [9.17, 15) is 4.79 Å². The number of H-pyrrole nitrogens is 1. The monoisotopic (exact) mass is 345 g/mol. The Labute approximate surface area is 141 Å². The molecule has 6 nitrogen and oxygen atoms in total. The lowest BCUT2D eigenvalue weighted by Crippen LogP contribution is -2.40. The smallest absolute Gasteiger partial charge is 0.256 e. The minimum atomic E-state index is 0.0144. The van der Waals surface area contributed by atoms with E-state index in [0.29, 0.717) is 11.2 Å². The van der Waals surface area contributed by atoms with Crippen LogP contribution in [0.25, 0.3) is 11.0 Å². The average Bonchev–Trinajstić information content (AvgIpc) is 3.24. The molecule has 1 aliphatic heterocycles. The third-order valence-corrected chi connectivity index (χ3v) is 5.87. The van der Waals surface area contributed by atoms with Gasteiger partial charge in [0.1, 0.15) is 5.01 Å². The lowest BCUT2D eigenvalue weighted by atomic mass is 10.1. The number of hydrogen-bond acceptors (Lipinski definition) is 6. The fraction of sp³-hybridized carbons (Fsp3) is 0.333. The van der Waals surface area contributed by atoms with Gasteiger partial charge in [-0.05, 0) is 13.0 Å². The number of carbonyl (C=O) groups excluding carboxylic acids is 1. The minimum Gasteiger partial charge on any atom is -0.327 e. The fourth-order valence-electron chi connectivity index (χ4n) is 2.75. The molecular formula is C15H15N5OS2. The lowest BCUT2D eigenvalue weighted by Gasteiger charge is -2.34. The SMILES string of the molecule is Cc1[nH]nc2ncc(C(=O)N3CCSCC3c3nccs3)cc12. The van der Waals surface area contributed by atoms with Gasteiger partial charge in [-0.2, -0.15) is 16.9 Å². The summed E-state index contributed by atoms with van der Waals surface area (Å²) in [6.07, 6.45) is 3.41. The summed E-state index contributed by atoms with van der Waals surface area (Å²) < 4.78 is 0. The summed E-state index contributed by atoms with van der Waals surface area (Å²) >= 11 is 3.47. The van der Waals surface area contributed by atoms with Crippen LogP contribution in [0.5, 0.6) is 0 Å². The number of fused-ring (bicyclic) bond motifs is 1. The van der Waals surface area contributed by atoms with Gasteiger partial charge in [0.25, 0.3) is 5.91 Å². The minimum absolute atomic E-state index is 0.0144. The molecule has 1 aliphatic rings. The number of amides is 1. The van der Waals surface area contributed by atoms with Crippen molar-refractivity contribution in [3.05, 3.63) is 40.1 Å². The van der Waals surface area contributed by atoms with Crippen molar-refractivity contribution in [3.63, 3.8) is 0 Å². The molecule has 4 rings (SSSR count). The molecule has 1 unspecified atom stereocenters. The molecule has 0 aromatic carbocycles. The molecule has 0 spiro atoms. The van der Waals surface area contributed by atoms with Gasteiger partial charge < -0.3 is 4.90 Å². The molecule has 1 fully saturated rings. The molecular weight excluding hydrogens is 330 g/mol. The van der Waals surface area contributed by atoms with Crippen molar-refractivity contribution in [1.82, 2.24) is 25.1 Å². The summed E-state index contributed by atoms with van der Waals surface area (Å²) in [5.74, 6) is 1.86. The predicted molar refractivity (Wildman–Crippen MR) is 91.8 cm³/mol. The van der Waals surface area contributed by atoms with Crippen LogP contribution in [0, 0.1) is 6.92 Å². The third-order valence-electron chi connectivity index (χ3n) is 3.97. The van der Waals surface area contributed by atoms with E-state index in [1.807, 2.05) is 35.0 Å². The number of nitrogens with one attached hydrogen (secondary N) is 1. The van der Waals surface area contributed by atoms with Crippen molar-refractivity contribution in [1.29, 1.82) is 0 Å². The number of aromatic amines is 1. The van der Waals surface area contributed by atoms with Crippen LogP contribution in [0.1, 0.15) is 27.1 Å². The first-order chi connectivity index (χ1) is 11.2. The van der Waals surface area contributed by atoms with Crippen LogP contribution < -0.4 is 0 Å². The molecule has 1 saturated heterocycles. The van der Waals surface area contributed by atoms with Gasteiger partial charge in [-0.3, -0.25) is 9.89 Å². The van der Waals surface area contributed by atoms with Gasteiger partial charge in [0.05, 0.1) is 11.6 Å². The number of aryl methyl sites for hydroxylation is 1. The second-order valence-corrected chi connectivity index (χ2v) is 7.48. The van der Waals surface area contributed by atoms with Gasteiger partial charge in [-0.1, -0.05) is 0 Å². The predicted octanol–water partition coefficient (Wildman–Crippen LogP) is 2.65. The van der Waals surface area contributed by atoms with E-state index in [1.165, 1.54) is 0 Å². The summed E-state index contributed by atoms with van der Waals surface area (Å²) in [4.78, 5) is 23.6. The Morgan fingerprint density at radius 2 is 2.35 bits per heavy atom. The van der Waals surface area contributed by atoms with Gasteiger partial charge in [0, 0.05) is 46.9 Å². The van der Waals surface area contributed by atoms with Gasteiger partial charge in [0.2, 0.25) is 0 Å². The summed E-state index contributed by atoms with van der Waals surface area (Å²) in [5, 5.41) is 10.9. The molecule has 1 atom stereocenters. The molecule has 0 aliphatic carbocycles. The van der Waals surface area contributed by atoms with E-state index in [4.69, 9.17) is 0 Å². The standard InChI is InChI=1S/C15H15N5OS2/c1-9-11-6-10(7-17-13(11)19-18-9)15(21)20-3-5-22-8-12(20)14-16-2-4-23-14/h2,4,6-7,12H,3,5,8H2,1H3,(H,17,18,19). The largest absolute Gasteiger partial charge is 0.327 e. The van der Waals surface area contributed by atoms with Crippen molar-refractivity contribution in [2.75, 3.05) is 18.1 Å². The summed E-state index contributed by atoms with van der Waals surface area (Å²) in [6.45, 7) is 2.66. The van der Waals surface area contributed by atoms with Gasteiger partial charge in [0.15, 0.2) is 5.65 Å². The van der Waals surface area contributed by atoms with Crippen molar-refractivity contribution in [3.8, 4) is 0 Å². The van der Waals surface area contributed by atoms with Gasteiger partial charge in [-0.25, -0.2) is 9.97 Å². The highest BCUT2D eigenvalue weighted by molar-refractivity contribution is 7.99. The lowest BCUT2D eigenvalue weighted by molar-refractivity contribution is 0.0701. The topological polar surface area (TPSA) is 74.8 Å². The number of pyridine rings is 1. The van der Waals surface area contributed by atoms with E-state index >= 15 is 0 Å². The maximum Gasteiger partial charge on any atom is 0.256 e. The number of aromatic nitrogens is 4. The first kappa shape index (κ1) is 14.6. The van der Waals surface area contributed by atoms with Crippen molar-refractivity contribution in [2.24, 2.45) is 0 Å². The van der Waals surface area contributed by atoms with E-state index in [-0.39, 0.29) is 11.9 Å². The highest BCUT2D eigenvalue weighted by atomic mass is 32.2. The van der Waals surface area contributed by atoms with Gasteiger partial charge in [-0.15, -0.1) is 11.3 Å². The number of thioether (sulfide) groups is 1. The fourth-order valence-corrected chi connectivity index (χ4v) is 4.66. The van der Waals surface area contributed by atoms with Gasteiger partial charge >= 0.3 is 0 Å². The van der Waals surface area contributed by atoms with Crippen LogP contribution in [0.15, 0.2) is 23.8 Å². The van der Waals surface area contributed by atoms with Crippen molar-refractivity contribution >= 4 is 40.0 Å². The Bertz CT molecular complexity index is 845. The molecule has 1 amide bonds. The van der Waals surface area contributed by atoms with E-state index in [0.717, 1.165) is 34.1 Å². The summed E-state index contributed by atoms with van der Waals surface area (Å²) in [5.41, 5.74) is 2.17. The molecule has 0 bridgehead atoms. The van der Waals surface area contributed by atoms with Crippen LogP contribution in [0.4, 0.5) is 0 Å². The van der Waals surface area contributed by atoms with Crippen LogP contribution in [0.3, 0.4) is 0 Å². The number of thiazole rings is 1. The third kappa shape index (κ3) is 2.61. The average molecular weight is 345 g/mol. The van der Waals surface area contributed by atoms with E-state index in [1.54, 1.807) is 23.7 Å². The Morgan fingerprint density at radius 1 is 1.43 bits per heavy atom. The molecule has 23 heavy (non-hydrogen) atoms. The molecule has 8 heteroatoms. The van der Waals surface area contributed by atoms with Crippen molar-refractivity contribution in [2.45, 2.75) is 13.0 Å². The second-order valence-electron chi connectivity index (χ2n) is 5.40. The molecule has 0 radical (unpaired) electrons. The Kier molecular flexibility index (Phi) is 3.78. The Morgan fingerprint density at radius 3 is 3.17 bits per heavy atom. The summed E-state index contributed by atoms with van der Waals surface area (Å²) in [6, 6.07) is 1.92. The zero-order chi connectivity index (χ0) is 15.8. The summed E-state index contributed by atoms with van der Waals surface area (Å²) in [7, 11) is 0. The Hall–Kier alpha value is -1.93. The number of hydrogen-bond donors (Lipinski definition) is 1. The molecule has 1 N–H and O–H groups in total. The van der Waals surface area contributed by atoms with Crippen LogP contribution in [-0.4, -0.2) is 49.0 Å². The highest BCUT2D eigenvalue weighted by Gasteiger charge is 2.31. The molecule has 3 aromatic rings. The molecule has 118 valence electrons. The number of carbonyl (C=O) groups is 1. The molecule has 4 heterocycles. The number of nitrogens with zero attached hydrogens (tertiary/aromatic N) is 4. The maximum atomic E-state index is 13.0. The first-order valence-corrected chi connectivity index (χ1v) is 9.36. The number of rotatable bonds is 2. The highest BCUT2D eigenvalue weighted by Crippen LogP contribution is 2.32. The van der Waals surface area contributed by atoms with E-state index in [2.05, 4.69) is 20.2 Å². The first-order valence-electron chi connectivity index (χ1n) is 7.33. The second kappa shape index (κ2) is 5.93. The quantitative estimate of drug-likeness (QED) is 0.773. The molecule has 3 aromatic heterocycles. The van der Waals surface area contributed by atoms with Crippen LogP contribution >= 0.6 is 23.1 Å². The van der Waals surface area contributed by atoms with Crippen LogP contribution in [0.2, 0.25) is 0 Å². The van der Waals surface area contributed by atoms with E-state index < -0.39 is 0 Å².